The fraction of sp³-hybridized carbons (Fsp3) is 0.208. The molecule has 3 aromatic rings. The van der Waals surface area contributed by atoms with Crippen molar-refractivity contribution in [2.45, 2.75) is 32.0 Å². The van der Waals surface area contributed by atoms with Gasteiger partial charge in [-0.1, -0.05) is 42.5 Å². The highest BCUT2D eigenvalue weighted by Gasteiger charge is 2.37. The van der Waals surface area contributed by atoms with Crippen molar-refractivity contribution in [2.75, 3.05) is 0 Å². The van der Waals surface area contributed by atoms with Crippen molar-refractivity contribution in [3.8, 4) is 5.75 Å². The number of aromatic hydroxyl groups is 1. The lowest BCUT2D eigenvalue weighted by Crippen LogP contribution is -2.50. The van der Waals surface area contributed by atoms with Gasteiger partial charge in [0.1, 0.15) is 5.75 Å². The van der Waals surface area contributed by atoms with E-state index in [1.54, 1.807) is 43.6 Å². The number of pyridine rings is 1. The summed E-state index contributed by atoms with van der Waals surface area (Å²) in [6.45, 7) is 2.14. The molecule has 1 aromatic heterocycles. The van der Waals surface area contributed by atoms with Crippen LogP contribution in [0.5, 0.6) is 5.75 Å². The number of ether oxygens (including phenoxy) is 1. The number of phenols is 1. The van der Waals surface area contributed by atoms with Crippen molar-refractivity contribution < 1.29 is 19.4 Å². The number of carbonyl (C=O) groups excluding carboxylic acids is 2. The Kier molecular flexibility index (Phi) is 7.22. The molecule has 0 spiro atoms. The molecule has 7 nitrogen and oxygen atoms in total. The predicted molar refractivity (Wildman–Crippen MR) is 116 cm³/mol. The number of rotatable bonds is 8. The molecule has 0 saturated carbocycles. The molecule has 0 radical (unpaired) electrons. The normalized spacial score (nSPS) is 12.4. The third-order valence-corrected chi connectivity index (χ3v) is 4.76. The molecule has 31 heavy (non-hydrogen) atoms. The number of hydrogen-bond acceptors (Lipinski definition) is 5. The Morgan fingerprint density at radius 1 is 0.871 bits per heavy atom. The summed E-state index contributed by atoms with van der Waals surface area (Å²) in [5.74, 6) is -0.293. The van der Waals surface area contributed by atoms with Gasteiger partial charge in [0.15, 0.2) is 5.60 Å². The number of phenolic OH excluding ortho intramolecular Hbond substituents is 1. The first-order chi connectivity index (χ1) is 14.9. The van der Waals surface area contributed by atoms with Gasteiger partial charge in [-0.25, -0.2) is 4.79 Å². The number of nitrogens with zero attached hydrogens (tertiary/aromatic N) is 1. The molecule has 1 atom stereocenters. The maximum Gasteiger partial charge on any atom is 0.408 e. The SMILES string of the molecule is C[C@@](Cc1ccc(O)cc1)(OC(=O)NCc1ccncc1)C(=O)NCc1ccccc1. The minimum absolute atomic E-state index is 0.120. The molecule has 0 aliphatic heterocycles. The molecule has 0 fully saturated rings. The standard InChI is InChI=1S/C24H25N3O4/c1-24(15-18-7-9-21(28)10-8-18,22(29)26-16-19-5-3-2-4-6-19)31-23(30)27-17-20-11-13-25-14-12-20/h2-14,28H,15-17H2,1H3,(H,26,29)(H,27,30)/t24-/m0/s1. The van der Waals surface area contributed by atoms with Crippen LogP contribution in [-0.2, 0) is 29.0 Å². The average molecular weight is 419 g/mol. The summed E-state index contributed by atoms with van der Waals surface area (Å²) in [5, 5.41) is 15.0. The van der Waals surface area contributed by atoms with Crippen molar-refractivity contribution in [2.24, 2.45) is 0 Å². The first-order valence-electron chi connectivity index (χ1n) is 9.90. The number of nitrogens with one attached hydrogen (secondary N) is 2. The summed E-state index contributed by atoms with van der Waals surface area (Å²) < 4.78 is 5.60. The van der Waals surface area contributed by atoms with Crippen LogP contribution in [0.1, 0.15) is 23.6 Å². The van der Waals surface area contributed by atoms with Crippen LogP contribution < -0.4 is 10.6 Å². The van der Waals surface area contributed by atoms with Crippen molar-refractivity contribution >= 4 is 12.0 Å². The van der Waals surface area contributed by atoms with E-state index in [1.165, 1.54) is 12.1 Å². The van der Waals surface area contributed by atoms with Crippen LogP contribution in [0.3, 0.4) is 0 Å². The van der Waals surface area contributed by atoms with Gasteiger partial charge in [-0.15, -0.1) is 0 Å². The smallest absolute Gasteiger partial charge is 0.408 e. The molecule has 160 valence electrons. The van der Waals surface area contributed by atoms with Gasteiger partial charge in [0.2, 0.25) is 0 Å². The Morgan fingerprint density at radius 2 is 1.48 bits per heavy atom. The summed E-state index contributed by atoms with van der Waals surface area (Å²) in [5.41, 5.74) is 1.09. The summed E-state index contributed by atoms with van der Waals surface area (Å²) in [7, 11) is 0. The summed E-state index contributed by atoms with van der Waals surface area (Å²) in [4.78, 5) is 29.5. The Hall–Kier alpha value is -3.87. The summed E-state index contributed by atoms with van der Waals surface area (Å²) in [6, 6.07) is 19.5. The van der Waals surface area contributed by atoms with E-state index in [2.05, 4.69) is 15.6 Å². The van der Waals surface area contributed by atoms with Gasteiger partial charge < -0.3 is 20.5 Å². The molecular weight excluding hydrogens is 394 g/mol. The molecular formula is C24H25N3O4. The molecule has 0 bridgehead atoms. The van der Waals surface area contributed by atoms with E-state index in [-0.39, 0.29) is 18.7 Å². The minimum Gasteiger partial charge on any atom is -0.508 e. The van der Waals surface area contributed by atoms with Gasteiger partial charge in [-0.3, -0.25) is 9.78 Å². The van der Waals surface area contributed by atoms with Gasteiger partial charge in [-0.05, 0) is 47.9 Å². The maximum absolute atomic E-state index is 13.0. The van der Waals surface area contributed by atoms with Crippen LogP contribution in [0, 0.1) is 0 Å². The fourth-order valence-electron chi connectivity index (χ4n) is 3.05. The fourth-order valence-corrected chi connectivity index (χ4v) is 3.05. The van der Waals surface area contributed by atoms with Crippen molar-refractivity contribution in [1.29, 1.82) is 0 Å². The zero-order chi connectivity index (χ0) is 22.1. The van der Waals surface area contributed by atoms with E-state index in [0.717, 1.165) is 16.7 Å². The number of amides is 2. The summed E-state index contributed by atoms with van der Waals surface area (Å²) >= 11 is 0. The lowest BCUT2D eigenvalue weighted by Gasteiger charge is -2.28. The Bertz CT molecular complexity index is 994. The van der Waals surface area contributed by atoms with E-state index >= 15 is 0 Å². The van der Waals surface area contributed by atoms with Crippen LogP contribution in [0.4, 0.5) is 4.79 Å². The predicted octanol–water partition coefficient (Wildman–Crippen LogP) is 3.33. The van der Waals surface area contributed by atoms with Crippen molar-refractivity contribution in [3.05, 3.63) is 95.8 Å². The van der Waals surface area contributed by atoms with Crippen molar-refractivity contribution in [1.82, 2.24) is 15.6 Å². The molecule has 2 amide bonds. The lowest BCUT2D eigenvalue weighted by molar-refractivity contribution is -0.138. The van der Waals surface area contributed by atoms with Crippen LogP contribution in [-0.4, -0.2) is 27.7 Å². The van der Waals surface area contributed by atoms with E-state index in [0.29, 0.717) is 6.54 Å². The van der Waals surface area contributed by atoms with E-state index in [9.17, 15) is 14.7 Å². The average Bonchev–Trinajstić information content (AvgIpc) is 2.79. The number of alkyl carbamates (subject to hydrolysis) is 1. The monoisotopic (exact) mass is 419 g/mol. The Morgan fingerprint density at radius 3 is 2.16 bits per heavy atom. The molecule has 1 heterocycles. The van der Waals surface area contributed by atoms with Gasteiger partial charge in [0.05, 0.1) is 0 Å². The van der Waals surface area contributed by atoms with E-state index in [4.69, 9.17) is 4.74 Å². The molecule has 0 saturated heterocycles. The van der Waals surface area contributed by atoms with Gasteiger partial charge in [-0.2, -0.15) is 0 Å². The number of hydrogen-bond donors (Lipinski definition) is 3. The zero-order valence-electron chi connectivity index (χ0n) is 17.2. The first kappa shape index (κ1) is 21.8. The highest BCUT2D eigenvalue weighted by Crippen LogP contribution is 2.21. The molecule has 7 heteroatoms. The van der Waals surface area contributed by atoms with Gasteiger partial charge >= 0.3 is 6.09 Å². The molecule has 3 N–H and O–H groups in total. The highest BCUT2D eigenvalue weighted by molar-refractivity contribution is 5.87. The summed E-state index contributed by atoms with van der Waals surface area (Å²) in [6.07, 6.45) is 2.71. The molecule has 3 rings (SSSR count). The van der Waals surface area contributed by atoms with Crippen LogP contribution >= 0.6 is 0 Å². The number of carbonyl (C=O) groups is 2. The third kappa shape index (κ3) is 6.57. The van der Waals surface area contributed by atoms with Crippen LogP contribution in [0.2, 0.25) is 0 Å². The van der Waals surface area contributed by atoms with Crippen LogP contribution in [0.15, 0.2) is 79.1 Å². The maximum atomic E-state index is 13.0. The third-order valence-electron chi connectivity index (χ3n) is 4.76. The Labute approximate surface area is 181 Å². The van der Waals surface area contributed by atoms with Gasteiger partial charge in [0, 0.05) is 31.9 Å². The first-order valence-corrected chi connectivity index (χ1v) is 9.90. The number of aromatic nitrogens is 1. The zero-order valence-corrected chi connectivity index (χ0v) is 17.2. The second-order valence-corrected chi connectivity index (χ2v) is 7.34. The second kappa shape index (κ2) is 10.2. The Balaban J connectivity index is 1.69. The lowest BCUT2D eigenvalue weighted by atomic mass is 9.95. The van der Waals surface area contributed by atoms with E-state index in [1.807, 2.05) is 30.3 Å². The molecule has 0 unspecified atom stereocenters. The largest absolute Gasteiger partial charge is 0.508 e. The minimum atomic E-state index is -1.45. The highest BCUT2D eigenvalue weighted by atomic mass is 16.6. The molecule has 0 aliphatic rings. The van der Waals surface area contributed by atoms with Crippen LogP contribution in [0.25, 0.3) is 0 Å². The van der Waals surface area contributed by atoms with Crippen molar-refractivity contribution in [3.63, 3.8) is 0 Å². The molecule has 2 aromatic carbocycles. The molecule has 0 aliphatic carbocycles. The van der Waals surface area contributed by atoms with E-state index < -0.39 is 17.6 Å². The quantitative estimate of drug-likeness (QED) is 0.520. The topological polar surface area (TPSA) is 101 Å². The number of benzene rings is 2. The van der Waals surface area contributed by atoms with Gasteiger partial charge in [0.25, 0.3) is 5.91 Å². The second-order valence-electron chi connectivity index (χ2n) is 7.34.